The Morgan fingerprint density at radius 2 is 2.17 bits per heavy atom. The molecule has 0 saturated carbocycles. The summed E-state index contributed by atoms with van der Waals surface area (Å²) in [5, 5.41) is 0. The van der Waals surface area contributed by atoms with Crippen LogP contribution in [0.15, 0.2) is 29.0 Å². The quantitative estimate of drug-likeness (QED) is 0.880. The molecule has 0 aliphatic carbocycles. The highest BCUT2D eigenvalue weighted by Gasteiger charge is 2.24. The molecule has 0 saturated heterocycles. The Hall–Kier alpha value is -1.69. The predicted octanol–water partition coefficient (Wildman–Crippen LogP) is 2.65. The number of nitrogens with zero attached hydrogens (tertiary/aromatic N) is 3. The molecule has 0 bridgehead atoms. The van der Waals surface area contributed by atoms with Gasteiger partial charge in [-0.05, 0) is 40.0 Å². The van der Waals surface area contributed by atoms with Crippen molar-refractivity contribution in [1.82, 2.24) is 9.97 Å². The van der Waals surface area contributed by atoms with Gasteiger partial charge in [-0.1, -0.05) is 6.07 Å². The SMILES string of the molecule is Nc1ncnc(N2CCc3ccc(F)cc32)c1Br. The summed E-state index contributed by atoms with van der Waals surface area (Å²) in [7, 11) is 0. The van der Waals surface area contributed by atoms with Gasteiger partial charge >= 0.3 is 0 Å². The van der Waals surface area contributed by atoms with Gasteiger partial charge in [-0.15, -0.1) is 0 Å². The first-order valence-electron chi connectivity index (χ1n) is 5.49. The number of halogens is 2. The van der Waals surface area contributed by atoms with E-state index in [2.05, 4.69) is 25.9 Å². The molecule has 4 nitrogen and oxygen atoms in total. The molecule has 6 heteroatoms. The maximum Gasteiger partial charge on any atom is 0.152 e. The predicted molar refractivity (Wildman–Crippen MR) is 71.3 cm³/mol. The zero-order valence-electron chi connectivity index (χ0n) is 9.40. The van der Waals surface area contributed by atoms with Crippen LogP contribution in [0.2, 0.25) is 0 Å². The van der Waals surface area contributed by atoms with Gasteiger partial charge in [-0.2, -0.15) is 0 Å². The second kappa shape index (κ2) is 4.20. The van der Waals surface area contributed by atoms with Gasteiger partial charge in [-0.25, -0.2) is 14.4 Å². The minimum atomic E-state index is -0.251. The number of rotatable bonds is 1. The number of hydrogen-bond acceptors (Lipinski definition) is 4. The molecule has 2 heterocycles. The fourth-order valence-electron chi connectivity index (χ4n) is 2.13. The number of nitrogens with two attached hydrogens (primary N) is 1. The summed E-state index contributed by atoms with van der Waals surface area (Å²) in [6.07, 6.45) is 2.28. The highest BCUT2D eigenvalue weighted by Crippen LogP contribution is 2.38. The highest BCUT2D eigenvalue weighted by atomic mass is 79.9. The first-order chi connectivity index (χ1) is 8.66. The van der Waals surface area contributed by atoms with Crippen molar-refractivity contribution in [1.29, 1.82) is 0 Å². The van der Waals surface area contributed by atoms with Crippen LogP contribution in [0.1, 0.15) is 5.56 Å². The fraction of sp³-hybridized carbons (Fsp3) is 0.167. The molecular formula is C12H10BrFN4. The molecular weight excluding hydrogens is 299 g/mol. The van der Waals surface area contributed by atoms with Crippen molar-refractivity contribution in [3.8, 4) is 0 Å². The summed E-state index contributed by atoms with van der Waals surface area (Å²) < 4.78 is 14.0. The summed E-state index contributed by atoms with van der Waals surface area (Å²) in [6, 6.07) is 4.81. The van der Waals surface area contributed by atoms with Crippen molar-refractivity contribution in [2.45, 2.75) is 6.42 Å². The molecule has 3 rings (SSSR count). The lowest BCUT2D eigenvalue weighted by Crippen LogP contribution is -2.16. The lowest BCUT2D eigenvalue weighted by molar-refractivity contribution is 0.628. The third-order valence-corrected chi connectivity index (χ3v) is 3.76. The van der Waals surface area contributed by atoms with Gasteiger partial charge in [0.15, 0.2) is 5.82 Å². The smallest absolute Gasteiger partial charge is 0.152 e. The molecule has 1 aromatic carbocycles. The monoisotopic (exact) mass is 308 g/mol. The van der Waals surface area contributed by atoms with Gasteiger partial charge in [0.2, 0.25) is 0 Å². The standard InChI is InChI=1S/C12H10BrFN4/c13-10-11(15)16-6-17-12(10)18-4-3-7-1-2-8(14)5-9(7)18/h1-2,5-6H,3-4H2,(H2,15,16,17). The molecule has 0 unspecified atom stereocenters. The third-order valence-electron chi connectivity index (χ3n) is 3.00. The Labute approximate surface area is 112 Å². The Kier molecular flexibility index (Phi) is 2.66. The minimum Gasteiger partial charge on any atom is -0.383 e. The van der Waals surface area contributed by atoms with Gasteiger partial charge in [0.05, 0.1) is 0 Å². The van der Waals surface area contributed by atoms with E-state index < -0.39 is 0 Å². The number of benzene rings is 1. The lowest BCUT2D eigenvalue weighted by atomic mass is 10.2. The molecule has 1 aliphatic rings. The zero-order chi connectivity index (χ0) is 12.7. The summed E-state index contributed by atoms with van der Waals surface area (Å²) >= 11 is 3.38. The second-order valence-electron chi connectivity index (χ2n) is 4.07. The number of anilines is 3. The van der Waals surface area contributed by atoms with Crippen molar-refractivity contribution in [3.63, 3.8) is 0 Å². The van der Waals surface area contributed by atoms with Crippen LogP contribution in [0.25, 0.3) is 0 Å². The summed E-state index contributed by atoms with van der Waals surface area (Å²) in [4.78, 5) is 10.1. The van der Waals surface area contributed by atoms with Crippen LogP contribution >= 0.6 is 15.9 Å². The largest absolute Gasteiger partial charge is 0.383 e. The number of nitrogen functional groups attached to an aromatic ring is 1. The molecule has 2 aromatic rings. The number of aromatic nitrogens is 2. The van der Waals surface area contributed by atoms with Crippen molar-refractivity contribution in [3.05, 3.63) is 40.4 Å². The van der Waals surface area contributed by atoms with E-state index in [4.69, 9.17) is 5.73 Å². The van der Waals surface area contributed by atoms with Crippen LogP contribution < -0.4 is 10.6 Å². The van der Waals surface area contributed by atoms with E-state index in [0.29, 0.717) is 16.1 Å². The zero-order valence-corrected chi connectivity index (χ0v) is 11.0. The van der Waals surface area contributed by atoms with E-state index in [1.165, 1.54) is 18.5 Å². The molecule has 0 radical (unpaired) electrons. The Morgan fingerprint density at radius 1 is 1.33 bits per heavy atom. The van der Waals surface area contributed by atoms with Crippen LogP contribution in [0.3, 0.4) is 0 Å². The third kappa shape index (κ3) is 1.73. The van der Waals surface area contributed by atoms with Crippen LogP contribution in [0.5, 0.6) is 0 Å². The normalized spacial score (nSPS) is 13.8. The molecule has 1 aliphatic heterocycles. The maximum atomic E-state index is 13.3. The van der Waals surface area contributed by atoms with E-state index >= 15 is 0 Å². The molecule has 0 spiro atoms. The van der Waals surface area contributed by atoms with Gasteiger partial charge in [-0.3, -0.25) is 0 Å². The summed E-state index contributed by atoms with van der Waals surface area (Å²) in [5.41, 5.74) is 7.69. The highest BCUT2D eigenvalue weighted by molar-refractivity contribution is 9.10. The van der Waals surface area contributed by atoms with E-state index in [-0.39, 0.29) is 5.82 Å². The summed E-state index contributed by atoms with van der Waals surface area (Å²) in [5.74, 6) is 0.801. The maximum absolute atomic E-state index is 13.3. The first kappa shape index (κ1) is 11.4. The van der Waals surface area contributed by atoms with E-state index in [9.17, 15) is 4.39 Å². The van der Waals surface area contributed by atoms with Gasteiger partial charge in [0, 0.05) is 12.2 Å². The van der Waals surface area contributed by atoms with Crippen LogP contribution in [-0.2, 0) is 6.42 Å². The van der Waals surface area contributed by atoms with E-state index in [1.54, 1.807) is 0 Å². The number of hydrogen-bond donors (Lipinski definition) is 1. The Balaban J connectivity index is 2.11. The Morgan fingerprint density at radius 3 is 3.00 bits per heavy atom. The molecule has 0 atom stereocenters. The minimum absolute atomic E-state index is 0.251. The molecule has 2 N–H and O–H groups in total. The molecule has 0 amide bonds. The van der Waals surface area contributed by atoms with Crippen molar-refractivity contribution >= 4 is 33.3 Å². The second-order valence-corrected chi connectivity index (χ2v) is 4.86. The van der Waals surface area contributed by atoms with Gasteiger partial charge in [0.1, 0.15) is 22.4 Å². The average Bonchev–Trinajstić information content (AvgIpc) is 2.75. The van der Waals surface area contributed by atoms with E-state index in [0.717, 1.165) is 24.2 Å². The van der Waals surface area contributed by atoms with Gasteiger partial charge in [0.25, 0.3) is 0 Å². The molecule has 92 valence electrons. The number of fused-ring (bicyclic) bond motifs is 1. The van der Waals surface area contributed by atoms with Crippen molar-refractivity contribution in [2.24, 2.45) is 0 Å². The molecule has 1 aromatic heterocycles. The Bertz CT molecular complexity index is 617. The summed E-state index contributed by atoms with van der Waals surface area (Å²) in [6.45, 7) is 0.758. The van der Waals surface area contributed by atoms with Crippen LogP contribution in [-0.4, -0.2) is 16.5 Å². The van der Waals surface area contributed by atoms with Crippen molar-refractivity contribution in [2.75, 3.05) is 17.2 Å². The van der Waals surface area contributed by atoms with Crippen LogP contribution in [0.4, 0.5) is 21.7 Å². The first-order valence-corrected chi connectivity index (χ1v) is 6.28. The van der Waals surface area contributed by atoms with Crippen molar-refractivity contribution < 1.29 is 4.39 Å². The molecule has 18 heavy (non-hydrogen) atoms. The topological polar surface area (TPSA) is 55.0 Å². The van der Waals surface area contributed by atoms with E-state index in [1.807, 2.05) is 11.0 Å². The average molecular weight is 309 g/mol. The lowest BCUT2D eigenvalue weighted by Gasteiger charge is -2.19. The van der Waals surface area contributed by atoms with Crippen LogP contribution in [0, 0.1) is 5.82 Å². The fourth-order valence-corrected chi connectivity index (χ4v) is 2.55. The molecule has 0 fully saturated rings. The van der Waals surface area contributed by atoms with Gasteiger partial charge < -0.3 is 10.6 Å².